The molecule has 0 bridgehead atoms. The van der Waals surface area contributed by atoms with Crippen molar-refractivity contribution in [2.24, 2.45) is 0 Å². The molecule has 1 saturated heterocycles. The molecule has 1 heterocycles. The third-order valence-electron chi connectivity index (χ3n) is 5.37. The van der Waals surface area contributed by atoms with Crippen LogP contribution in [-0.2, 0) is 17.5 Å². The number of halogens is 3. The Morgan fingerprint density at radius 1 is 1.07 bits per heavy atom. The lowest BCUT2D eigenvalue weighted by Gasteiger charge is -2.38. The van der Waals surface area contributed by atoms with Crippen LogP contribution in [0.25, 0.3) is 0 Å². The van der Waals surface area contributed by atoms with Gasteiger partial charge in [0.2, 0.25) is 5.91 Å². The smallest absolute Gasteiger partial charge is 0.369 e. The minimum absolute atomic E-state index is 0.0434. The molecule has 1 amide bonds. The van der Waals surface area contributed by atoms with E-state index < -0.39 is 11.7 Å². The number of hydrogen-bond acceptors (Lipinski definition) is 3. The van der Waals surface area contributed by atoms with Gasteiger partial charge in [-0.2, -0.15) is 13.2 Å². The molecule has 3 rings (SSSR count). The maximum absolute atomic E-state index is 12.9. The predicted octanol–water partition coefficient (Wildman–Crippen LogP) is 3.84. The maximum Gasteiger partial charge on any atom is 0.416 e. The van der Waals surface area contributed by atoms with Crippen LogP contribution in [-0.4, -0.2) is 43.0 Å². The lowest BCUT2D eigenvalue weighted by Crippen LogP contribution is -2.53. The summed E-state index contributed by atoms with van der Waals surface area (Å²) in [6.45, 7) is 6.76. The Kier molecular flexibility index (Phi) is 6.47. The van der Waals surface area contributed by atoms with Crippen LogP contribution in [0, 0.1) is 6.92 Å². The highest BCUT2D eigenvalue weighted by molar-refractivity contribution is 5.81. The number of nitrogens with zero attached hydrogens (tertiary/aromatic N) is 2. The summed E-state index contributed by atoms with van der Waals surface area (Å²) in [5.74, 6) is -0.0434. The number of alkyl halides is 3. The zero-order valence-electron chi connectivity index (χ0n) is 16.7. The summed E-state index contributed by atoms with van der Waals surface area (Å²) >= 11 is 0. The van der Waals surface area contributed by atoms with Crippen molar-refractivity contribution in [1.29, 1.82) is 0 Å². The van der Waals surface area contributed by atoms with Gasteiger partial charge < -0.3 is 10.2 Å². The van der Waals surface area contributed by atoms with Gasteiger partial charge in [0.15, 0.2) is 0 Å². The number of anilines is 1. The predicted molar refractivity (Wildman–Crippen MR) is 108 cm³/mol. The van der Waals surface area contributed by atoms with Gasteiger partial charge >= 0.3 is 6.18 Å². The van der Waals surface area contributed by atoms with E-state index in [1.54, 1.807) is 6.07 Å². The van der Waals surface area contributed by atoms with E-state index in [0.717, 1.165) is 11.6 Å². The average molecular weight is 405 g/mol. The van der Waals surface area contributed by atoms with Crippen molar-refractivity contribution in [3.63, 3.8) is 0 Å². The van der Waals surface area contributed by atoms with Crippen molar-refractivity contribution >= 4 is 11.6 Å². The van der Waals surface area contributed by atoms with E-state index in [-0.39, 0.29) is 11.9 Å². The molecule has 1 fully saturated rings. The van der Waals surface area contributed by atoms with E-state index in [9.17, 15) is 18.0 Å². The van der Waals surface area contributed by atoms with Crippen molar-refractivity contribution < 1.29 is 18.0 Å². The first-order chi connectivity index (χ1) is 13.7. The van der Waals surface area contributed by atoms with Crippen LogP contribution in [0.2, 0.25) is 0 Å². The number of carbonyl (C=O) groups excluding carboxylic acids is 1. The van der Waals surface area contributed by atoms with Gasteiger partial charge in [-0.1, -0.05) is 35.9 Å². The molecule has 0 saturated carbocycles. The van der Waals surface area contributed by atoms with E-state index in [1.165, 1.54) is 17.7 Å². The normalized spacial score (nSPS) is 16.5. The van der Waals surface area contributed by atoms with E-state index in [1.807, 2.05) is 43.0 Å². The number of benzene rings is 2. The molecule has 0 spiro atoms. The molecule has 7 heteroatoms. The molecule has 4 nitrogen and oxygen atoms in total. The largest absolute Gasteiger partial charge is 0.416 e. The second kappa shape index (κ2) is 8.86. The van der Waals surface area contributed by atoms with Gasteiger partial charge in [-0.05, 0) is 37.6 Å². The molecule has 0 aromatic heterocycles. The van der Waals surface area contributed by atoms with Crippen molar-refractivity contribution in [2.45, 2.75) is 32.6 Å². The first-order valence-electron chi connectivity index (χ1n) is 9.73. The van der Waals surface area contributed by atoms with Crippen LogP contribution in [0.4, 0.5) is 18.9 Å². The van der Waals surface area contributed by atoms with Crippen molar-refractivity contribution in [3.8, 4) is 0 Å². The topological polar surface area (TPSA) is 35.6 Å². The van der Waals surface area contributed by atoms with E-state index in [4.69, 9.17) is 0 Å². The quantitative estimate of drug-likeness (QED) is 0.821. The van der Waals surface area contributed by atoms with Crippen molar-refractivity contribution in [1.82, 2.24) is 10.2 Å². The van der Waals surface area contributed by atoms with Crippen LogP contribution in [0.3, 0.4) is 0 Å². The Morgan fingerprint density at radius 3 is 2.34 bits per heavy atom. The maximum atomic E-state index is 12.9. The first-order valence-corrected chi connectivity index (χ1v) is 9.73. The Labute approximate surface area is 169 Å². The Balaban J connectivity index is 1.52. The molecule has 1 aliphatic heterocycles. The monoisotopic (exact) mass is 405 g/mol. The summed E-state index contributed by atoms with van der Waals surface area (Å²) in [5.41, 5.74) is 2.15. The van der Waals surface area contributed by atoms with Crippen LogP contribution in [0.15, 0.2) is 48.5 Å². The molecule has 1 N–H and O–H groups in total. The van der Waals surface area contributed by atoms with Gasteiger partial charge in [0.05, 0.1) is 11.6 Å². The summed E-state index contributed by atoms with van der Waals surface area (Å²) in [6.07, 6.45) is -4.35. The Morgan fingerprint density at radius 2 is 1.72 bits per heavy atom. The zero-order valence-corrected chi connectivity index (χ0v) is 16.7. The van der Waals surface area contributed by atoms with Gasteiger partial charge in [0.1, 0.15) is 0 Å². The van der Waals surface area contributed by atoms with Crippen LogP contribution in [0.5, 0.6) is 0 Å². The molecule has 1 atom stereocenters. The number of rotatable bonds is 5. The van der Waals surface area contributed by atoms with Crippen molar-refractivity contribution in [3.05, 3.63) is 65.2 Å². The van der Waals surface area contributed by atoms with Crippen LogP contribution >= 0.6 is 0 Å². The highest BCUT2D eigenvalue weighted by Gasteiger charge is 2.31. The molecule has 0 unspecified atom stereocenters. The summed E-state index contributed by atoms with van der Waals surface area (Å²) in [5, 5.41) is 2.96. The summed E-state index contributed by atoms with van der Waals surface area (Å²) in [6, 6.07) is 13.1. The fourth-order valence-corrected chi connectivity index (χ4v) is 3.45. The second-order valence-electron chi connectivity index (χ2n) is 7.45. The number of aryl methyl sites for hydroxylation is 1. The molecule has 0 aliphatic carbocycles. The average Bonchev–Trinajstić information content (AvgIpc) is 2.72. The molecule has 1 aliphatic rings. The zero-order chi connectivity index (χ0) is 21.0. The lowest BCUT2D eigenvalue weighted by molar-refractivity contribution is -0.137. The molecule has 29 heavy (non-hydrogen) atoms. The third-order valence-corrected chi connectivity index (χ3v) is 5.37. The molecule has 2 aromatic rings. The molecule has 156 valence electrons. The molecular weight excluding hydrogens is 379 g/mol. The SMILES string of the molecule is Cc1ccc(CNC(=O)[C@@H](C)N2CCN(c3cccc(C(F)(F)F)c3)CC2)cc1. The fraction of sp³-hybridized carbons (Fsp3) is 0.409. The molecule has 0 radical (unpaired) electrons. The highest BCUT2D eigenvalue weighted by Crippen LogP contribution is 2.31. The minimum atomic E-state index is -4.35. The van der Waals surface area contributed by atoms with Gasteiger partial charge in [-0.15, -0.1) is 0 Å². The van der Waals surface area contributed by atoms with E-state index >= 15 is 0 Å². The Bertz CT molecular complexity index is 828. The first kappa shape index (κ1) is 21.2. The van der Waals surface area contributed by atoms with Crippen LogP contribution in [0.1, 0.15) is 23.6 Å². The van der Waals surface area contributed by atoms with Gasteiger partial charge in [0.25, 0.3) is 0 Å². The van der Waals surface area contributed by atoms with E-state index in [0.29, 0.717) is 38.4 Å². The number of carbonyl (C=O) groups is 1. The number of piperazine rings is 1. The standard InChI is InChI=1S/C22H26F3N3O/c1-16-6-8-18(9-7-16)15-26-21(29)17(2)27-10-12-28(13-11-27)20-5-3-4-19(14-20)22(23,24)25/h3-9,14,17H,10-13,15H2,1-2H3,(H,26,29)/t17-/m1/s1. The molecular formula is C22H26F3N3O. The number of amides is 1. The van der Waals surface area contributed by atoms with Gasteiger partial charge in [0, 0.05) is 38.4 Å². The second-order valence-corrected chi connectivity index (χ2v) is 7.45. The molecule has 2 aromatic carbocycles. The number of nitrogens with one attached hydrogen (secondary N) is 1. The fourth-order valence-electron chi connectivity index (χ4n) is 3.45. The summed E-state index contributed by atoms with van der Waals surface area (Å²) in [7, 11) is 0. The number of hydrogen-bond donors (Lipinski definition) is 1. The highest BCUT2D eigenvalue weighted by atomic mass is 19.4. The van der Waals surface area contributed by atoms with Gasteiger partial charge in [-0.3, -0.25) is 9.69 Å². The summed E-state index contributed by atoms with van der Waals surface area (Å²) < 4.78 is 38.8. The van der Waals surface area contributed by atoms with E-state index in [2.05, 4.69) is 10.2 Å². The lowest BCUT2D eigenvalue weighted by atomic mass is 10.1. The van der Waals surface area contributed by atoms with Crippen LogP contribution < -0.4 is 10.2 Å². The van der Waals surface area contributed by atoms with Crippen molar-refractivity contribution in [2.75, 3.05) is 31.1 Å². The third kappa shape index (κ3) is 5.50. The summed E-state index contributed by atoms with van der Waals surface area (Å²) in [4.78, 5) is 16.5. The van der Waals surface area contributed by atoms with Gasteiger partial charge in [-0.25, -0.2) is 0 Å². The minimum Gasteiger partial charge on any atom is -0.369 e. The Hall–Kier alpha value is -2.54.